The topological polar surface area (TPSA) is 46.2 Å². The number of nitrogens with two attached hydrogens (primary N) is 1. The summed E-state index contributed by atoms with van der Waals surface area (Å²) in [5, 5.41) is 9.48. The first-order valence-corrected chi connectivity index (χ1v) is 5.24. The Morgan fingerprint density at radius 3 is 2.71 bits per heavy atom. The van der Waals surface area contributed by atoms with E-state index in [1.165, 1.54) is 6.07 Å². The van der Waals surface area contributed by atoms with Gasteiger partial charge in [-0.3, -0.25) is 0 Å². The first-order valence-electron chi connectivity index (χ1n) is 4.44. The van der Waals surface area contributed by atoms with Gasteiger partial charge in [-0.1, -0.05) is 13.0 Å². The van der Waals surface area contributed by atoms with Gasteiger partial charge in [-0.2, -0.15) is 0 Å². The van der Waals surface area contributed by atoms with Gasteiger partial charge in [0.2, 0.25) is 0 Å². The van der Waals surface area contributed by atoms with E-state index in [2.05, 4.69) is 15.9 Å². The zero-order valence-corrected chi connectivity index (χ0v) is 9.46. The first-order chi connectivity index (χ1) is 6.56. The van der Waals surface area contributed by atoms with E-state index in [-0.39, 0.29) is 5.82 Å². The maximum Gasteiger partial charge on any atom is 0.137 e. The number of benzene rings is 1. The summed E-state index contributed by atoms with van der Waals surface area (Å²) in [6.07, 6.45) is -0.0747. The van der Waals surface area contributed by atoms with Crippen molar-refractivity contribution in [1.82, 2.24) is 0 Å². The molecular formula is C10H13BrFNO. The van der Waals surface area contributed by atoms with Crippen LogP contribution in [0.4, 0.5) is 4.39 Å². The average Bonchev–Trinajstić information content (AvgIpc) is 2.20. The molecule has 2 atom stereocenters. The summed E-state index contributed by atoms with van der Waals surface area (Å²) in [6, 6.07) is 4.11. The number of rotatable bonds is 3. The van der Waals surface area contributed by atoms with Gasteiger partial charge in [0.15, 0.2) is 0 Å². The van der Waals surface area contributed by atoms with Gasteiger partial charge in [0.05, 0.1) is 16.6 Å². The van der Waals surface area contributed by atoms with Crippen LogP contribution in [0.3, 0.4) is 0 Å². The van der Waals surface area contributed by atoms with Crippen LogP contribution in [0.15, 0.2) is 22.7 Å². The van der Waals surface area contributed by atoms with Gasteiger partial charge in [-0.05, 0) is 40.0 Å². The molecule has 0 unspecified atom stereocenters. The second kappa shape index (κ2) is 4.87. The third-order valence-corrected chi connectivity index (χ3v) is 2.80. The zero-order chi connectivity index (χ0) is 10.7. The molecule has 0 fully saturated rings. The van der Waals surface area contributed by atoms with E-state index in [1.54, 1.807) is 12.1 Å². The van der Waals surface area contributed by atoms with Crippen LogP contribution in [-0.4, -0.2) is 11.2 Å². The molecule has 14 heavy (non-hydrogen) atoms. The molecule has 0 aliphatic heterocycles. The predicted octanol–water partition coefficient (Wildman–Crippen LogP) is 2.36. The summed E-state index contributed by atoms with van der Waals surface area (Å²) in [5.41, 5.74) is 6.35. The molecule has 0 aliphatic carbocycles. The van der Waals surface area contributed by atoms with Crippen LogP contribution in [-0.2, 0) is 0 Å². The Balaban J connectivity index is 2.91. The Kier molecular flexibility index (Phi) is 4.04. The minimum Gasteiger partial charge on any atom is -0.391 e. The van der Waals surface area contributed by atoms with Crippen molar-refractivity contribution in [3.05, 3.63) is 34.1 Å². The van der Waals surface area contributed by atoms with Crippen LogP contribution < -0.4 is 5.73 Å². The largest absolute Gasteiger partial charge is 0.391 e. The monoisotopic (exact) mass is 261 g/mol. The number of hydrogen-bond donors (Lipinski definition) is 2. The summed E-state index contributed by atoms with van der Waals surface area (Å²) in [7, 11) is 0. The van der Waals surface area contributed by atoms with Crippen molar-refractivity contribution in [3.63, 3.8) is 0 Å². The van der Waals surface area contributed by atoms with Crippen LogP contribution in [0.2, 0.25) is 0 Å². The third-order valence-electron chi connectivity index (χ3n) is 2.16. The van der Waals surface area contributed by atoms with E-state index in [0.717, 1.165) is 0 Å². The Morgan fingerprint density at radius 1 is 1.57 bits per heavy atom. The maximum atomic E-state index is 13.1. The Bertz CT molecular complexity index is 319. The molecule has 2 nitrogen and oxygen atoms in total. The van der Waals surface area contributed by atoms with Crippen LogP contribution >= 0.6 is 15.9 Å². The van der Waals surface area contributed by atoms with Gasteiger partial charge >= 0.3 is 0 Å². The molecule has 0 aromatic heterocycles. The van der Waals surface area contributed by atoms with Crippen molar-refractivity contribution in [2.24, 2.45) is 5.73 Å². The van der Waals surface area contributed by atoms with Crippen molar-refractivity contribution in [2.75, 3.05) is 0 Å². The SMILES string of the molecule is CC[C@@H](O)[C@@H](N)c1ccc(Br)c(F)c1. The molecule has 3 N–H and O–H groups in total. The number of aliphatic hydroxyl groups excluding tert-OH is 1. The molecular weight excluding hydrogens is 249 g/mol. The normalized spacial score (nSPS) is 15.2. The van der Waals surface area contributed by atoms with Crippen molar-refractivity contribution in [2.45, 2.75) is 25.5 Å². The van der Waals surface area contributed by atoms with Crippen molar-refractivity contribution >= 4 is 15.9 Å². The summed E-state index contributed by atoms with van der Waals surface area (Å²) < 4.78 is 13.5. The highest BCUT2D eigenvalue weighted by atomic mass is 79.9. The minimum atomic E-state index is -0.629. The molecule has 0 amide bonds. The molecule has 0 heterocycles. The first kappa shape index (κ1) is 11.6. The van der Waals surface area contributed by atoms with Crippen LogP contribution in [0, 0.1) is 5.82 Å². The quantitative estimate of drug-likeness (QED) is 0.878. The van der Waals surface area contributed by atoms with E-state index < -0.39 is 12.1 Å². The number of aliphatic hydroxyl groups is 1. The van der Waals surface area contributed by atoms with E-state index in [1.807, 2.05) is 6.92 Å². The molecule has 0 spiro atoms. The van der Waals surface area contributed by atoms with Crippen LogP contribution in [0.1, 0.15) is 24.9 Å². The highest BCUT2D eigenvalue weighted by molar-refractivity contribution is 9.10. The molecule has 1 aromatic carbocycles. The van der Waals surface area contributed by atoms with Gasteiger partial charge in [0.1, 0.15) is 5.82 Å². The second-order valence-corrected chi connectivity index (χ2v) is 4.03. The second-order valence-electron chi connectivity index (χ2n) is 3.17. The van der Waals surface area contributed by atoms with E-state index in [0.29, 0.717) is 16.5 Å². The minimum absolute atomic E-state index is 0.360. The van der Waals surface area contributed by atoms with E-state index >= 15 is 0 Å². The smallest absolute Gasteiger partial charge is 0.137 e. The van der Waals surface area contributed by atoms with Gasteiger partial charge in [0, 0.05) is 0 Å². The lowest BCUT2D eigenvalue weighted by molar-refractivity contribution is 0.140. The Morgan fingerprint density at radius 2 is 2.21 bits per heavy atom. The fourth-order valence-corrected chi connectivity index (χ4v) is 1.44. The average molecular weight is 262 g/mol. The Hall–Kier alpha value is -0.450. The molecule has 78 valence electrons. The molecule has 1 aromatic rings. The molecule has 0 saturated carbocycles. The summed E-state index contributed by atoms with van der Waals surface area (Å²) in [6.45, 7) is 1.83. The van der Waals surface area contributed by atoms with Crippen LogP contribution in [0.25, 0.3) is 0 Å². The van der Waals surface area contributed by atoms with Crippen molar-refractivity contribution in [1.29, 1.82) is 0 Å². The molecule has 0 bridgehead atoms. The third kappa shape index (κ3) is 2.53. The maximum absolute atomic E-state index is 13.1. The summed E-state index contributed by atoms with van der Waals surface area (Å²) in [4.78, 5) is 0. The Labute approximate surface area is 91.1 Å². The summed E-state index contributed by atoms with van der Waals surface area (Å²) >= 11 is 3.05. The van der Waals surface area contributed by atoms with Crippen LogP contribution in [0.5, 0.6) is 0 Å². The molecule has 0 saturated heterocycles. The lowest BCUT2D eigenvalue weighted by Crippen LogP contribution is -2.25. The van der Waals surface area contributed by atoms with Gasteiger partial charge in [-0.15, -0.1) is 0 Å². The zero-order valence-electron chi connectivity index (χ0n) is 7.87. The fourth-order valence-electron chi connectivity index (χ4n) is 1.20. The molecule has 1 rings (SSSR count). The van der Waals surface area contributed by atoms with Crippen molar-refractivity contribution < 1.29 is 9.50 Å². The van der Waals surface area contributed by atoms with Gasteiger partial charge < -0.3 is 10.8 Å². The molecule has 4 heteroatoms. The van der Waals surface area contributed by atoms with Gasteiger partial charge in [0.25, 0.3) is 0 Å². The molecule has 0 radical (unpaired) electrons. The lowest BCUT2D eigenvalue weighted by Gasteiger charge is -2.17. The standard InChI is InChI=1S/C10H13BrFNO/c1-2-9(14)10(13)6-3-4-7(11)8(12)5-6/h3-5,9-10,14H,2,13H2,1H3/t9-,10+/m1/s1. The predicted molar refractivity (Wildman–Crippen MR) is 57.3 cm³/mol. The number of hydrogen-bond acceptors (Lipinski definition) is 2. The molecule has 0 aliphatic rings. The highest BCUT2D eigenvalue weighted by Crippen LogP contribution is 2.22. The van der Waals surface area contributed by atoms with Gasteiger partial charge in [-0.25, -0.2) is 4.39 Å². The number of halogens is 2. The lowest BCUT2D eigenvalue weighted by atomic mass is 10.0. The van der Waals surface area contributed by atoms with Crippen molar-refractivity contribution in [3.8, 4) is 0 Å². The van der Waals surface area contributed by atoms with E-state index in [4.69, 9.17) is 5.73 Å². The fraction of sp³-hybridized carbons (Fsp3) is 0.400. The highest BCUT2D eigenvalue weighted by Gasteiger charge is 2.15. The summed E-state index contributed by atoms with van der Waals surface area (Å²) in [5.74, 6) is -0.360. The van der Waals surface area contributed by atoms with E-state index in [9.17, 15) is 9.50 Å².